The van der Waals surface area contributed by atoms with Crippen LogP contribution in [-0.4, -0.2) is 21.9 Å². The lowest BCUT2D eigenvalue weighted by atomic mass is 10.0. The summed E-state index contributed by atoms with van der Waals surface area (Å²) in [5.41, 5.74) is 1.86. The molecule has 25 heavy (non-hydrogen) atoms. The van der Waals surface area contributed by atoms with Crippen molar-refractivity contribution < 1.29 is 9.53 Å². The van der Waals surface area contributed by atoms with E-state index >= 15 is 0 Å². The molecule has 3 aromatic rings. The highest BCUT2D eigenvalue weighted by Gasteiger charge is 2.24. The van der Waals surface area contributed by atoms with Gasteiger partial charge in [0.2, 0.25) is 0 Å². The lowest BCUT2D eigenvalue weighted by Crippen LogP contribution is -2.36. The van der Waals surface area contributed by atoms with Crippen molar-refractivity contribution in [3.8, 4) is 5.75 Å². The fourth-order valence-corrected chi connectivity index (χ4v) is 3.16. The van der Waals surface area contributed by atoms with Gasteiger partial charge in [-0.15, -0.1) is 0 Å². The van der Waals surface area contributed by atoms with Gasteiger partial charge in [0.15, 0.2) is 0 Å². The SMILES string of the molecule is Cc1cccc2ncc(C(=O)NC3CCOc4ccccc43)c(=O)n12. The molecule has 1 N–H and O–H groups in total. The van der Waals surface area contributed by atoms with Gasteiger partial charge in [-0.05, 0) is 25.1 Å². The van der Waals surface area contributed by atoms with Crippen molar-refractivity contribution in [2.45, 2.75) is 19.4 Å². The first-order valence-electron chi connectivity index (χ1n) is 8.15. The lowest BCUT2D eigenvalue weighted by Gasteiger charge is -2.26. The van der Waals surface area contributed by atoms with E-state index in [0.717, 1.165) is 17.0 Å². The second kappa shape index (κ2) is 6.05. The van der Waals surface area contributed by atoms with Gasteiger partial charge in [-0.25, -0.2) is 4.98 Å². The van der Waals surface area contributed by atoms with Crippen molar-refractivity contribution in [2.24, 2.45) is 0 Å². The maximum absolute atomic E-state index is 12.7. The molecule has 0 fully saturated rings. The van der Waals surface area contributed by atoms with Gasteiger partial charge in [-0.3, -0.25) is 14.0 Å². The molecular formula is C19H17N3O3. The van der Waals surface area contributed by atoms with E-state index in [4.69, 9.17) is 4.74 Å². The molecule has 1 aliphatic heterocycles. The Balaban J connectivity index is 1.69. The predicted molar refractivity (Wildman–Crippen MR) is 93.0 cm³/mol. The molecular weight excluding hydrogens is 318 g/mol. The van der Waals surface area contributed by atoms with Crippen molar-refractivity contribution in [3.63, 3.8) is 0 Å². The van der Waals surface area contributed by atoms with Crippen LogP contribution in [0.5, 0.6) is 5.75 Å². The molecule has 0 aliphatic carbocycles. The van der Waals surface area contributed by atoms with Crippen LogP contribution in [0, 0.1) is 6.92 Å². The number of hydrogen-bond donors (Lipinski definition) is 1. The number of aromatic nitrogens is 2. The van der Waals surface area contributed by atoms with Crippen molar-refractivity contribution in [1.29, 1.82) is 0 Å². The first-order valence-corrected chi connectivity index (χ1v) is 8.15. The number of carbonyl (C=O) groups is 1. The normalized spacial score (nSPS) is 16.1. The van der Waals surface area contributed by atoms with Gasteiger partial charge in [0.1, 0.15) is 17.0 Å². The Kier molecular flexibility index (Phi) is 3.72. The van der Waals surface area contributed by atoms with E-state index in [-0.39, 0.29) is 17.2 Å². The molecule has 1 aliphatic rings. The van der Waals surface area contributed by atoms with E-state index in [9.17, 15) is 9.59 Å². The zero-order valence-corrected chi connectivity index (χ0v) is 13.7. The molecule has 0 radical (unpaired) electrons. The molecule has 2 aromatic heterocycles. The third-order valence-corrected chi connectivity index (χ3v) is 4.43. The molecule has 0 spiro atoms. The van der Waals surface area contributed by atoms with Crippen LogP contribution in [0.2, 0.25) is 0 Å². The van der Waals surface area contributed by atoms with E-state index in [1.165, 1.54) is 10.6 Å². The third kappa shape index (κ3) is 2.65. The summed E-state index contributed by atoms with van der Waals surface area (Å²) in [6, 6.07) is 12.8. The summed E-state index contributed by atoms with van der Waals surface area (Å²) in [4.78, 5) is 29.6. The Morgan fingerprint density at radius 1 is 1.24 bits per heavy atom. The molecule has 1 aromatic carbocycles. The average Bonchev–Trinajstić information content (AvgIpc) is 2.62. The van der Waals surface area contributed by atoms with E-state index in [1.807, 2.05) is 43.3 Å². The second-order valence-corrected chi connectivity index (χ2v) is 6.04. The van der Waals surface area contributed by atoms with E-state index in [2.05, 4.69) is 10.3 Å². The van der Waals surface area contributed by atoms with Gasteiger partial charge in [0.05, 0.1) is 12.6 Å². The molecule has 1 unspecified atom stereocenters. The molecule has 0 saturated carbocycles. The van der Waals surface area contributed by atoms with Crippen molar-refractivity contribution in [2.75, 3.05) is 6.61 Å². The molecule has 0 saturated heterocycles. The highest BCUT2D eigenvalue weighted by atomic mass is 16.5. The van der Waals surface area contributed by atoms with Crippen molar-refractivity contribution >= 4 is 11.6 Å². The topological polar surface area (TPSA) is 72.7 Å². The van der Waals surface area contributed by atoms with Crippen LogP contribution in [0.4, 0.5) is 0 Å². The third-order valence-electron chi connectivity index (χ3n) is 4.43. The van der Waals surface area contributed by atoms with Crippen molar-refractivity contribution in [1.82, 2.24) is 14.7 Å². The fraction of sp³-hybridized carbons (Fsp3) is 0.211. The Hall–Kier alpha value is -3.15. The van der Waals surface area contributed by atoms with Gasteiger partial charge < -0.3 is 10.1 Å². The highest BCUT2D eigenvalue weighted by Crippen LogP contribution is 2.31. The van der Waals surface area contributed by atoms with Crippen LogP contribution in [0.15, 0.2) is 53.5 Å². The summed E-state index contributed by atoms with van der Waals surface area (Å²) in [5, 5.41) is 2.94. The van der Waals surface area contributed by atoms with Crippen LogP contribution in [0.1, 0.15) is 34.1 Å². The van der Waals surface area contributed by atoms with Gasteiger partial charge in [-0.2, -0.15) is 0 Å². The zero-order valence-electron chi connectivity index (χ0n) is 13.7. The van der Waals surface area contributed by atoms with E-state index < -0.39 is 5.91 Å². The maximum atomic E-state index is 12.7. The number of carbonyl (C=O) groups excluding carboxylic acids is 1. The number of aryl methyl sites for hydroxylation is 1. The standard InChI is InChI=1S/C19H17N3O3/c1-12-5-4-8-17-20-11-14(19(24)22(12)17)18(23)21-15-9-10-25-16-7-3-2-6-13(15)16/h2-8,11,15H,9-10H2,1H3,(H,21,23). The average molecular weight is 335 g/mol. The molecule has 3 heterocycles. The van der Waals surface area contributed by atoms with Gasteiger partial charge >= 0.3 is 0 Å². The number of rotatable bonds is 2. The number of hydrogen-bond acceptors (Lipinski definition) is 4. The molecule has 6 nitrogen and oxygen atoms in total. The van der Waals surface area contributed by atoms with Crippen LogP contribution >= 0.6 is 0 Å². The van der Waals surface area contributed by atoms with Gasteiger partial charge in [0, 0.05) is 23.9 Å². The number of benzene rings is 1. The van der Waals surface area contributed by atoms with Crippen LogP contribution in [0.3, 0.4) is 0 Å². The van der Waals surface area contributed by atoms with Crippen LogP contribution < -0.4 is 15.6 Å². The summed E-state index contributed by atoms with van der Waals surface area (Å²) in [6.45, 7) is 2.34. The predicted octanol–water partition coefficient (Wildman–Crippen LogP) is 2.26. The number of nitrogens with one attached hydrogen (secondary N) is 1. The van der Waals surface area contributed by atoms with Crippen molar-refractivity contribution in [3.05, 3.63) is 75.8 Å². The molecule has 1 atom stereocenters. The fourth-order valence-electron chi connectivity index (χ4n) is 3.16. The van der Waals surface area contributed by atoms with E-state index in [0.29, 0.717) is 18.7 Å². The van der Waals surface area contributed by atoms with Crippen LogP contribution in [-0.2, 0) is 0 Å². The maximum Gasteiger partial charge on any atom is 0.270 e. The summed E-state index contributed by atoms with van der Waals surface area (Å²) in [7, 11) is 0. The monoisotopic (exact) mass is 335 g/mol. The highest BCUT2D eigenvalue weighted by molar-refractivity contribution is 5.94. The number of amides is 1. The number of nitrogens with zero attached hydrogens (tertiary/aromatic N) is 2. The lowest BCUT2D eigenvalue weighted by molar-refractivity contribution is 0.0922. The molecule has 126 valence electrons. The van der Waals surface area contributed by atoms with E-state index in [1.54, 1.807) is 6.07 Å². The minimum absolute atomic E-state index is 0.0378. The number of fused-ring (bicyclic) bond motifs is 2. The van der Waals surface area contributed by atoms with Crippen LogP contribution in [0.25, 0.3) is 5.65 Å². The molecule has 6 heteroatoms. The molecule has 4 rings (SSSR count). The number of ether oxygens (including phenoxy) is 1. The minimum Gasteiger partial charge on any atom is -0.493 e. The smallest absolute Gasteiger partial charge is 0.270 e. The second-order valence-electron chi connectivity index (χ2n) is 6.04. The first-order chi connectivity index (χ1) is 12.1. The first kappa shape index (κ1) is 15.4. The molecule has 1 amide bonds. The summed E-state index contributed by atoms with van der Waals surface area (Å²) in [5.74, 6) is 0.347. The number of para-hydroxylation sites is 1. The Morgan fingerprint density at radius 3 is 2.96 bits per heavy atom. The Morgan fingerprint density at radius 2 is 2.08 bits per heavy atom. The minimum atomic E-state index is -0.420. The Bertz CT molecular complexity index is 1030. The quantitative estimate of drug-likeness (QED) is 0.780. The zero-order chi connectivity index (χ0) is 17.4. The summed E-state index contributed by atoms with van der Waals surface area (Å²) >= 11 is 0. The summed E-state index contributed by atoms with van der Waals surface area (Å²) in [6.07, 6.45) is 2.00. The number of pyridine rings is 1. The largest absolute Gasteiger partial charge is 0.493 e. The van der Waals surface area contributed by atoms with Gasteiger partial charge in [-0.1, -0.05) is 24.3 Å². The Labute approximate surface area is 144 Å². The summed E-state index contributed by atoms with van der Waals surface area (Å²) < 4.78 is 7.06. The van der Waals surface area contributed by atoms with Gasteiger partial charge in [0.25, 0.3) is 11.5 Å². The molecule has 0 bridgehead atoms.